The second-order valence-electron chi connectivity index (χ2n) is 14.7. The van der Waals surface area contributed by atoms with E-state index in [4.69, 9.17) is 9.47 Å². The molecule has 0 bridgehead atoms. The third-order valence-corrected chi connectivity index (χ3v) is 8.59. The Hall–Kier alpha value is -1.90. The van der Waals surface area contributed by atoms with Crippen LogP contribution in [0.15, 0.2) is 84.1 Å². The topological polar surface area (TPSA) is 18.5 Å². The van der Waals surface area contributed by atoms with Gasteiger partial charge in [0.1, 0.15) is 0 Å². The molecule has 0 aromatic carbocycles. The second-order valence-corrected chi connectivity index (χ2v) is 14.7. The van der Waals surface area contributed by atoms with E-state index in [-0.39, 0.29) is 11.2 Å². The lowest BCUT2D eigenvalue weighted by Crippen LogP contribution is -2.20. The maximum Gasteiger partial charge on any atom is 0.0657 e. The van der Waals surface area contributed by atoms with Crippen LogP contribution in [-0.2, 0) is 9.47 Å². The highest BCUT2D eigenvalue weighted by molar-refractivity contribution is 5.22. The van der Waals surface area contributed by atoms with Crippen LogP contribution in [0.2, 0.25) is 0 Å². The summed E-state index contributed by atoms with van der Waals surface area (Å²) in [6, 6.07) is 0. The smallest absolute Gasteiger partial charge is 0.0657 e. The van der Waals surface area contributed by atoms with Crippen molar-refractivity contribution in [3.63, 3.8) is 0 Å². The molecule has 44 heavy (non-hydrogen) atoms. The Kier molecular flexibility index (Phi) is 23.3. The van der Waals surface area contributed by atoms with E-state index in [9.17, 15) is 0 Å². The second kappa shape index (κ2) is 24.3. The van der Waals surface area contributed by atoms with E-state index in [0.717, 1.165) is 37.5 Å². The van der Waals surface area contributed by atoms with Gasteiger partial charge in [-0.2, -0.15) is 0 Å². The Morgan fingerprint density at radius 1 is 0.614 bits per heavy atom. The Morgan fingerprint density at radius 2 is 1.14 bits per heavy atom. The Morgan fingerprint density at radius 3 is 1.75 bits per heavy atom. The molecule has 0 aliphatic rings. The molecule has 0 aromatic heterocycles. The first kappa shape index (κ1) is 42.1. The van der Waals surface area contributed by atoms with Gasteiger partial charge in [0, 0.05) is 14.2 Å². The van der Waals surface area contributed by atoms with Gasteiger partial charge < -0.3 is 9.47 Å². The predicted octanol–water partition coefficient (Wildman–Crippen LogP) is 13.0. The van der Waals surface area contributed by atoms with E-state index in [1.807, 2.05) is 0 Å². The molecule has 0 amide bonds. The van der Waals surface area contributed by atoms with Crippen molar-refractivity contribution in [2.75, 3.05) is 14.2 Å². The Bertz CT molecular complexity index is 937. The van der Waals surface area contributed by atoms with Crippen molar-refractivity contribution in [2.24, 2.45) is 23.7 Å². The number of ether oxygens (including phenoxy) is 2. The normalized spacial score (nSPS) is 17.2. The molecule has 0 radical (unpaired) electrons. The van der Waals surface area contributed by atoms with Gasteiger partial charge in [-0.25, -0.2) is 0 Å². The number of hydrogen-bond donors (Lipinski definition) is 0. The van der Waals surface area contributed by atoms with Crippen molar-refractivity contribution in [3.8, 4) is 0 Å². The molecule has 0 rings (SSSR count). The van der Waals surface area contributed by atoms with Gasteiger partial charge in [-0.15, -0.1) is 0 Å². The van der Waals surface area contributed by atoms with Crippen molar-refractivity contribution in [3.05, 3.63) is 84.1 Å². The van der Waals surface area contributed by atoms with Crippen LogP contribution >= 0.6 is 0 Å². The molecule has 2 heteroatoms. The molecule has 0 saturated heterocycles. The molecule has 4 atom stereocenters. The number of methoxy groups -OCH3 is 2. The molecule has 0 aliphatic carbocycles. The fourth-order valence-electron chi connectivity index (χ4n) is 4.74. The van der Waals surface area contributed by atoms with Gasteiger partial charge in [0.05, 0.1) is 11.2 Å². The average molecular weight is 609 g/mol. The van der Waals surface area contributed by atoms with Gasteiger partial charge in [-0.1, -0.05) is 131 Å². The zero-order valence-corrected chi connectivity index (χ0v) is 31.1. The Labute approximate surface area is 275 Å². The van der Waals surface area contributed by atoms with Gasteiger partial charge >= 0.3 is 0 Å². The summed E-state index contributed by atoms with van der Waals surface area (Å²) in [4.78, 5) is 0. The average Bonchev–Trinajstić information content (AvgIpc) is 2.95. The van der Waals surface area contributed by atoms with Crippen LogP contribution in [0.4, 0.5) is 0 Å². The van der Waals surface area contributed by atoms with Crippen molar-refractivity contribution >= 4 is 0 Å². The summed E-state index contributed by atoms with van der Waals surface area (Å²) < 4.78 is 11.0. The van der Waals surface area contributed by atoms with Crippen molar-refractivity contribution in [1.82, 2.24) is 0 Å². The van der Waals surface area contributed by atoms with Gasteiger partial charge in [0.25, 0.3) is 0 Å². The van der Waals surface area contributed by atoms with Crippen molar-refractivity contribution in [2.45, 2.75) is 145 Å². The highest BCUT2D eigenvalue weighted by atomic mass is 16.5. The highest BCUT2D eigenvalue weighted by Crippen LogP contribution is 2.20. The third-order valence-electron chi connectivity index (χ3n) is 8.59. The summed E-state index contributed by atoms with van der Waals surface area (Å²) in [5, 5.41) is 0. The molecule has 4 unspecified atom stereocenters. The quantitative estimate of drug-likeness (QED) is 0.0801. The van der Waals surface area contributed by atoms with Crippen LogP contribution in [0.5, 0.6) is 0 Å². The van der Waals surface area contributed by atoms with E-state index in [1.54, 1.807) is 14.2 Å². The minimum absolute atomic E-state index is 0.0794. The van der Waals surface area contributed by atoms with Crippen LogP contribution < -0.4 is 0 Å². The summed E-state index contributed by atoms with van der Waals surface area (Å²) in [5.74, 6) is 2.70. The van der Waals surface area contributed by atoms with Gasteiger partial charge in [0.15, 0.2) is 0 Å². The monoisotopic (exact) mass is 609 g/mol. The summed E-state index contributed by atoms with van der Waals surface area (Å²) in [6.45, 7) is 22.3. The van der Waals surface area contributed by atoms with Crippen LogP contribution in [0.3, 0.4) is 0 Å². The van der Waals surface area contributed by atoms with Gasteiger partial charge in [-0.3, -0.25) is 0 Å². The first-order valence-corrected chi connectivity index (χ1v) is 17.5. The molecule has 0 aliphatic heterocycles. The lowest BCUT2D eigenvalue weighted by Gasteiger charge is -2.20. The number of hydrogen-bond acceptors (Lipinski definition) is 2. The van der Waals surface area contributed by atoms with Crippen LogP contribution in [0.25, 0.3) is 0 Å². The highest BCUT2D eigenvalue weighted by Gasteiger charge is 2.13. The molecule has 0 N–H and O–H groups in total. The summed E-state index contributed by atoms with van der Waals surface area (Å²) in [7, 11) is 3.55. The minimum Gasteiger partial charge on any atom is -0.378 e. The summed E-state index contributed by atoms with van der Waals surface area (Å²) in [5.41, 5.74) is 2.45. The first-order valence-electron chi connectivity index (χ1n) is 17.5. The standard InChI is InChI=1S/C42H72O2/c1-35(23-15-25-37(3)27-17-29-39(5)31-19-33-41(7,8)43-11)21-13-14-22-36(2)24-16-26-38(4)28-18-30-40(6)32-20-34-42(9,10)44-12/h13-15,17,19-20,23,27,29-32,35-38H,16,18,21-22,24-26,28,33-34H2,1-12H3/b14-13+,23-15+,27-17+,31-19+,32-20+,39-29+,40-30+. The molecule has 0 aromatic rings. The van der Waals surface area contributed by atoms with Gasteiger partial charge in [-0.05, 0) is 110 Å². The zero-order chi connectivity index (χ0) is 33.4. The number of rotatable bonds is 24. The molecule has 0 spiro atoms. The molecular formula is C42H72O2. The third kappa shape index (κ3) is 25.4. The SMILES string of the molecule is COC(C)(C)C/C=C/C(C)=C/C=C/C(C)C/C=C/C(C)C/C=C/CC(C)CCCC(C)CC/C=C(C)/C=C/CC(C)(C)OC. The van der Waals surface area contributed by atoms with Crippen LogP contribution in [0.1, 0.15) is 133 Å². The fraction of sp³-hybridized carbons (Fsp3) is 0.667. The Balaban J connectivity index is 4.15. The molecule has 0 saturated carbocycles. The molecule has 0 heterocycles. The first-order chi connectivity index (χ1) is 20.7. The molecule has 252 valence electrons. The van der Waals surface area contributed by atoms with E-state index < -0.39 is 0 Å². The van der Waals surface area contributed by atoms with Crippen molar-refractivity contribution in [1.29, 1.82) is 0 Å². The largest absolute Gasteiger partial charge is 0.378 e. The predicted molar refractivity (Wildman–Crippen MR) is 198 cm³/mol. The molecular weight excluding hydrogens is 536 g/mol. The van der Waals surface area contributed by atoms with E-state index >= 15 is 0 Å². The molecule has 0 fully saturated rings. The fourth-order valence-corrected chi connectivity index (χ4v) is 4.74. The lowest BCUT2D eigenvalue weighted by molar-refractivity contribution is 0.0252. The number of allylic oxidation sites excluding steroid dienone is 12. The van der Waals surface area contributed by atoms with Crippen LogP contribution in [-0.4, -0.2) is 25.4 Å². The maximum atomic E-state index is 5.49. The minimum atomic E-state index is -0.101. The van der Waals surface area contributed by atoms with Gasteiger partial charge in [0.2, 0.25) is 0 Å². The zero-order valence-electron chi connectivity index (χ0n) is 31.1. The van der Waals surface area contributed by atoms with E-state index in [1.165, 1.54) is 49.7 Å². The van der Waals surface area contributed by atoms with E-state index in [0.29, 0.717) is 11.8 Å². The molecule has 2 nitrogen and oxygen atoms in total. The maximum absolute atomic E-state index is 5.49. The summed E-state index contributed by atoms with van der Waals surface area (Å²) >= 11 is 0. The van der Waals surface area contributed by atoms with Crippen molar-refractivity contribution < 1.29 is 9.47 Å². The lowest BCUT2D eigenvalue weighted by atomic mass is 9.93. The van der Waals surface area contributed by atoms with Crippen LogP contribution in [0, 0.1) is 23.7 Å². The van der Waals surface area contributed by atoms with E-state index in [2.05, 4.69) is 142 Å². The summed E-state index contributed by atoms with van der Waals surface area (Å²) in [6.07, 6.45) is 39.2.